The van der Waals surface area contributed by atoms with Gasteiger partial charge < -0.3 is 9.21 Å². The molecule has 5 heteroatoms. The van der Waals surface area contributed by atoms with Gasteiger partial charge in [-0.3, -0.25) is 14.4 Å². The van der Waals surface area contributed by atoms with Crippen molar-refractivity contribution in [3.05, 3.63) is 24.2 Å². The van der Waals surface area contributed by atoms with Gasteiger partial charge in [0.2, 0.25) is 0 Å². The van der Waals surface area contributed by atoms with Crippen LogP contribution < -0.4 is 0 Å². The van der Waals surface area contributed by atoms with E-state index in [1.807, 2.05) is 0 Å². The van der Waals surface area contributed by atoms with Crippen molar-refractivity contribution in [3.63, 3.8) is 0 Å². The second-order valence-electron chi connectivity index (χ2n) is 11.4. The van der Waals surface area contributed by atoms with Gasteiger partial charge in [0.25, 0.3) is 0 Å². The summed E-state index contributed by atoms with van der Waals surface area (Å²) in [5, 5.41) is 0. The summed E-state index contributed by atoms with van der Waals surface area (Å²) in [7, 11) is 0. The van der Waals surface area contributed by atoms with Crippen LogP contribution in [0.2, 0.25) is 0 Å². The number of rotatable bonds is 10. The topological polar surface area (TPSA) is 81.4 Å². The average Bonchev–Trinajstić information content (AvgIpc) is 3.52. The number of ketones is 3. The van der Waals surface area contributed by atoms with Gasteiger partial charge in [-0.1, -0.05) is 57.8 Å². The molecule has 2 atom stereocenters. The van der Waals surface area contributed by atoms with Crippen molar-refractivity contribution in [1.29, 1.82) is 0 Å². The lowest BCUT2D eigenvalue weighted by Crippen LogP contribution is -2.61. The van der Waals surface area contributed by atoms with Crippen molar-refractivity contribution in [1.82, 2.24) is 0 Å². The van der Waals surface area contributed by atoms with Crippen LogP contribution in [0.4, 0.5) is 0 Å². The van der Waals surface area contributed by atoms with Crippen LogP contribution in [0.15, 0.2) is 22.8 Å². The number of hydrogen-bond acceptors (Lipinski definition) is 5. The highest BCUT2D eigenvalue weighted by Gasteiger charge is 2.64. The lowest BCUT2D eigenvalue weighted by molar-refractivity contribution is -0.164. The number of carbonyl (C=O) groups is 4. The van der Waals surface area contributed by atoms with E-state index in [1.54, 1.807) is 19.1 Å². The summed E-state index contributed by atoms with van der Waals surface area (Å²) in [5.74, 6) is -0.882. The summed E-state index contributed by atoms with van der Waals surface area (Å²) in [4.78, 5) is 56.2. The van der Waals surface area contributed by atoms with Gasteiger partial charge in [-0.15, -0.1) is 0 Å². The smallest absolute Gasteiger partial charge is 0.167 e. The molecule has 4 rings (SSSR count). The van der Waals surface area contributed by atoms with Gasteiger partial charge in [-0.05, 0) is 75.3 Å². The largest absolute Gasteiger partial charge is 0.469 e. The van der Waals surface area contributed by atoms with E-state index in [0.29, 0.717) is 24.9 Å². The Kier molecular flexibility index (Phi) is 8.44. The van der Waals surface area contributed by atoms with E-state index in [2.05, 4.69) is 0 Å². The van der Waals surface area contributed by atoms with Crippen molar-refractivity contribution >= 4 is 23.6 Å². The molecule has 0 aromatic carbocycles. The Hall–Kier alpha value is -2.04. The molecule has 0 spiro atoms. The molecule has 3 saturated carbocycles. The molecule has 192 valence electrons. The van der Waals surface area contributed by atoms with Gasteiger partial charge in [-0.2, -0.15) is 0 Å². The third kappa shape index (κ3) is 4.72. The summed E-state index contributed by atoms with van der Waals surface area (Å²) in [6, 6.07) is 3.44. The third-order valence-corrected chi connectivity index (χ3v) is 9.64. The summed E-state index contributed by atoms with van der Waals surface area (Å²) >= 11 is 0. The minimum atomic E-state index is -1.77. The van der Waals surface area contributed by atoms with Crippen LogP contribution in [0.3, 0.4) is 0 Å². The van der Waals surface area contributed by atoms with Gasteiger partial charge >= 0.3 is 0 Å². The van der Waals surface area contributed by atoms with E-state index in [4.69, 9.17) is 4.42 Å². The molecule has 0 saturated heterocycles. The zero-order chi connectivity index (χ0) is 24.9. The van der Waals surface area contributed by atoms with Crippen LogP contribution in [0.25, 0.3) is 0 Å². The van der Waals surface area contributed by atoms with Crippen LogP contribution in [0, 0.1) is 28.6 Å². The fourth-order valence-corrected chi connectivity index (χ4v) is 7.93. The minimum absolute atomic E-state index is 0.0820. The van der Waals surface area contributed by atoms with Crippen molar-refractivity contribution in [2.45, 2.75) is 110 Å². The number of Topliss-reactive ketones (excluding diaryl/α,β-unsaturated/α-hetero) is 3. The van der Waals surface area contributed by atoms with Crippen LogP contribution >= 0.6 is 0 Å². The molecule has 35 heavy (non-hydrogen) atoms. The van der Waals surface area contributed by atoms with Crippen LogP contribution in [-0.4, -0.2) is 23.6 Å². The molecule has 3 aliphatic rings. The van der Waals surface area contributed by atoms with Gasteiger partial charge in [-0.25, -0.2) is 0 Å². The Bertz CT molecular complexity index is 882. The standard InChI is InChI=1S/C30H42O5/c1-22(32)30(25-16-7-4-8-17-25,24-14-5-2-3-6-15-24)28(34)29(21-31,23-12-9-10-13-23)27(33)20-26-18-11-19-35-26/h11,18-19,21,23-25H,2-10,12-17,20H2,1H3. The fraction of sp³-hybridized carbons (Fsp3) is 0.733. The zero-order valence-electron chi connectivity index (χ0n) is 21.4. The summed E-state index contributed by atoms with van der Waals surface area (Å²) in [5.41, 5.74) is -3.01. The van der Waals surface area contributed by atoms with Crippen molar-refractivity contribution in [3.8, 4) is 0 Å². The molecular formula is C30H42O5. The molecule has 0 bridgehead atoms. The molecule has 3 aliphatic carbocycles. The molecular weight excluding hydrogens is 440 g/mol. The first-order valence-corrected chi connectivity index (χ1v) is 14.1. The normalized spacial score (nSPS) is 24.3. The highest BCUT2D eigenvalue weighted by atomic mass is 16.3. The van der Waals surface area contributed by atoms with Crippen LogP contribution in [-0.2, 0) is 25.6 Å². The predicted molar refractivity (Wildman–Crippen MR) is 134 cm³/mol. The first-order valence-electron chi connectivity index (χ1n) is 14.1. The monoisotopic (exact) mass is 482 g/mol. The molecule has 1 heterocycles. The number of carbonyl (C=O) groups excluding carboxylic acids is 4. The van der Waals surface area contributed by atoms with E-state index in [0.717, 1.165) is 83.5 Å². The van der Waals surface area contributed by atoms with Gasteiger partial charge in [0.05, 0.1) is 18.1 Å². The van der Waals surface area contributed by atoms with E-state index in [9.17, 15) is 14.4 Å². The van der Waals surface area contributed by atoms with Crippen LogP contribution in [0.5, 0.6) is 0 Å². The van der Waals surface area contributed by atoms with Crippen molar-refractivity contribution < 1.29 is 23.6 Å². The average molecular weight is 483 g/mol. The Balaban J connectivity index is 1.86. The van der Waals surface area contributed by atoms with E-state index >= 15 is 4.79 Å². The van der Waals surface area contributed by atoms with Gasteiger partial charge in [0.15, 0.2) is 11.6 Å². The van der Waals surface area contributed by atoms with E-state index in [1.165, 1.54) is 6.26 Å². The second-order valence-corrected chi connectivity index (χ2v) is 11.4. The first-order chi connectivity index (χ1) is 17.0. The lowest BCUT2D eigenvalue weighted by atomic mass is 9.50. The summed E-state index contributed by atoms with van der Waals surface area (Å²) in [6.07, 6.45) is 15.9. The number of furan rings is 1. The zero-order valence-corrected chi connectivity index (χ0v) is 21.4. The molecule has 0 amide bonds. The van der Waals surface area contributed by atoms with Crippen molar-refractivity contribution in [2.75, 3.05) is 0 Å². The number of hydrogen-bond donors (Lipinski definition) is 0. The summed E-state index contributed by atoms with van der Waals surface area (Å²) in [6.45, 7) is 1.57. The summed E-state index contributed by atoms with van der Waals surface area (Å²) < 4.78 is 5.45. The highest BCUT2D eigenvalue weighted by molar-refractivity contribution is 6.25. The SMILES string of the molecule is CC(=O)C(C(=O)C(C=O)(C(=O)Cc1ccco1)C1CCCC1)(C1CCCCCC1)C1CCCCC1. The molecule has 3 fully saturated rings. The quantitative estimate of drug-likeness (QED) is 0.217. The minimum Gasteiger partial charge on any atom is -0.469 e. The molecule has 5 nitrogen and oxygen atoms in total. The Morgan fingerprint density at radius 1 is 0.829 bits per heavy atom. The maximum Gasteiger partial charge on any atom is 0.167 e. The highest BCUT2D eigenvalue weighted by Crippen LogP contribution is 2.55. The number of aldehydes is 1. The Morgan fingerprint density at radius 3 is 1.77 bits per heavy atom. The molecule has 0 radical (unpaired) electrons. The maximum absolute atomic E-state index is 15.1. The Labute approximate surface area is 209 Å². The fourth-order valence-electron chi connectivity index (χ4n) is 7.93. The third-order valence-electron chi connectivity index (χ3n) is 9.64. The van der Waals surface area contributed by atoms with Gasteiger partial charge in [0.1, 0.15) is 23.2 Å². The maximum atomic E-state index is 15.1. The molecule has 0 aliphatic heterocycles. The van der Waals surface area contributed by atoms with Gasteiger partial charge in [0, 0.05) is 0 Å². The lowest BCUT2D eigenvalue weighted by Gasteiger charge is -2.49. The Morgan fingerprint density at radius 2 is 1.31 bits per heavy atom. The van der Waals surface area contributed by atoms with Crippen LogP contribution in [0.1, 0.15) is 109 Å². The molecule has 1 aromatic rings. The molecule has 1 aromatic heterocycles. The van der Waals surface area contributed by atoms with E-state index in [-0.39, 0.29) is 41.5 Å². The molecule has 0 N–H and O–H groups in total. The second kappa shape index (κ2) is 11.3. The van der Waals surface area contributed by atoms with Crippen molar-refractivity contribution in [2.24, 2.45) is 28.6 Å². The molecule has 2 unspecified atom stereocenters. The predicted octanol–water partition coefficient (Wildman–Crippen LogP) is 6.46. The first kappa shape index (κ1) is 26.0. The van der Waals surface area contributed by atoms with E-state index < -0.39 is 10.8 Å².